The maximum atomic E-state index is 13.1. The van der Waals surface area contributed by atoms with E-state index >= 15 is 0 Å². The number of aromatic nitrogens is 1. The molecule has 1 fully saturated rings. The zero-order valence-corrected chi connectivity index (χ0v) is 16.3. The van der Waals surface area contributed by atoms with Crippen LogP contribution in [0.5, 0.6) is 5.75 Å². The first-order valence-corrected chi connectivity index (χ1v) is 10.2. The Balaban J connectivity index is 2.01. The van der Waals surface area contributed by atoms with Crippen LogP contribution in [0.3, 0.4) is 0 Å². The van der Waals surface area contributed by atoms with Gasteiger partial charge in [0.05, 0.1) is 11.5 Å². The lowest BCUT2D eigenvalue weighted by Gasteiger charge is -2.34. The summed E-state index contributed by atoms with van der Waals surface area (Å²) in [6, 6.07) is 5.64. The summed E-state index contributed by atoms with van der Waals surface area (Å²) >= 11 is 1.64. The summed E-state index contributed by atoms with van der Waals surface area (Å²) in [4.78, 5) is 17.0. The number of thiophene rings is 1. The molecular weight excluding hydrogens is 350 g/mol. The second-order valence-electron chi connectivity index (χ2n) is 6.96. The van der Waals surface area contributed by atoms with Crippen LogP contribution in [0.15, 0.2) is 28.4 Å². The number of nitrogens with one attached hydrogen (secondary N) is 2. The Morgan fingerprint density at radius 1 is 1.31 bits per heavy atom. The van der Waals surface area contributed by atoms with Gasteiger partial charge in [0, 0.05) is 12.2 Å². The van der Waals surface area contributed by atoms with Gasteiger partial charge in [-0.25, -0.2) is 0 Å². The minimum absolute atomic E-state index is 0.0824. The Morgan fingerprint density at radius 2 is 2.04 bits per heavy atom. The van der Waals surface area contributed by atoms with Gasteiger partial charge in [0.15, 0.2) is 6.04 Å². The quantitative estimate of drug-likeness (QED) is 0.510. The smallest absolute Gasteiger partial charge is 0.264 e. The zero-order chi connectivity index (χ0) is 18.7. The molecular formula is C19H29N3O3S+2. The molecule has 3 rings (SSSR count). The van der Waals surface area contributed by atoms with Crippen molar-refractivity contribution in [1.29, 1.82) is 0 Å². The minimum Gasteiger partial charge on any atom is -0.507 e. The van der Waals surface area contributed by atoms with Crippen LogP contribution in [0.4, 0.5) is 0 Å². The zero-order valence-electron chi connectivity index (χ0n) is 15.5. The molecule has 1 saturated heterocycles. The van der Waals surface area contributed by atoms with Crippen LogP contribution in [-0.2, 0) is 6.54 Å². The summed E-state index contributed by atoms with van der Waals surface area (Å²) in [5, 5.41) is 21.9. The number of hydrogen-bond acceptors (Lipinski definition) is 4. The highest BCUT2D eigenvalue weighted by molar-refractivity contribution is 7.10. The van der Waals surface area contributed by atoms with Crippen LogP contribution in [0.1, 0.15) is 29.1 Å². The van der Waals surface area contributed by atoms with Gasteiger partial charge >= 0.3 is 0 Å². The van der Waals surface area contributed by atoms with E-state index in [0.29, 0.717) is 12.1 Å². The molecule has 0 radical (unpaired) electrons. The van der Waals surface area contributed by atoms with Crippen LogP contribution >= 0.6 is 11.3 Å². The second-order valence-corrected chi connectivity index (χ2v) is 7.94. The number of nitrogens with zero attached hydrogens (tertiary/aromatic N) is 1. The van der Waals surface area contributed by atoms with Crippen molar-refractivity contribution in [1.82, 2.24) is 4.57 Å². The fraction of sp³-hybridized carbons (Fsp3) is 0.526. The van der Waals surface area contributed by atoms with Gasteiger partial charge in [-0.3, -0.25) is 4.79 Å². The average Bonchev–Trinajstić information content (AvgIpc) is 3.14. The number of aliphatic hydroxyl groups excluding tert-OH is 1. The van der Waals surface area contributed by atoms with E-state index < -0.39 is 0 Å². The molecule has 7 heteroatoms. The minimum atomic E-state index is -0.142. The summed E-state index contributed by atoms with van der Waals surface area (Å²) in [6.07, 6.45) is 0. The van der Waals surface area contributed by atoms with E-state index in [4.69, 9.17) is 0 Å². The number of aliphatic hydroxyl groups is 1. The molecule has 0 bridgehead atoms. The first-order chi connectivity index (χ1) is 12.6. The summed E-state index contributed by atoms with van der Waals surface area (Å²) in [5.74, 6) is 0.105. The molecule has 2 aromatic heterocycles. The molecule has 0 aliphatic carbocycles. The van der Waals surface area contributed by atoms with E-state index in [9.17, 15) is 15.0 Å². The largest absolute Gasteiger partial charge is 0.507 e. The van der Waals surface area contributed by atoms with Crippen molar-refractivity contribution in [3.05, 3.63) is 50.1 Å². The van der Waals surface area contributed by atoms with Crippen molar-refractivity contribution >= 4 is 11.3 Å². The van der Waals surface area contributed by atoms with Crippen molar-refractivity contribution in [2.24, 2.45) is 0 Å². The van der Waals surface area contributed by atoms with Gasteiger partial charge < -0.3 is 24.6 Å². The number of hydrogen-bond donors (Lipinski definition) is 4. The van der Waals surface area contributed by atoms with Crippen molar-refractivity contribution in [3.8, 4) is 5.75 Å². The van der Waals surface area contributed by atoms with Gasteiger partial charge in [0.25, 0.3) is 5.56 Å². The van der Waals surface area contributed by atoms with Crippen molar-refractivity contribution in [3.63, 3.8) is 0 Å². The Labute approximate surface area is 157 Å². The third-order valence-electron chi connectivity index (χ3n) is 5.43. The Kier molecular flexibility index (Phi) is 6.13. The molecule has 2 aromatic rings. The molecule has 1 aliphatic rings. The summed E-state index contributed by atoms with van der Waals surface area (Å²) in [5.41, 5.74) is 1.22. The van der Waals surface area contributed by atoms with Crippen molar-refractivity contribution in [2.45, 2.75) is 26.4 Å². The van der Waals surface area contributed by atoms with E-state index in [1.807, 2.05) is 25.3 Å². The van der Waals surface area contributed by atoms with E-state index in [1.54, 1.807) is 22.0 Å². The van der Waals surface area contributed by atoms with Gasteiger partial charge in [-0.05, 0) is 31.4 Å². The number of aryl methyl sites for hydroxylation is 1. The number of aromatic hydroxyl groups is 1. The molecule has 1 aliphatic heterocycles. The molecule has 26 heavy (non-hydrogen) atoms. The average molecular weight is 380 g/mol. The Bertz CT molecular complexity index is 780. The maximum absolute atomic E-state index is 13.1. The Hall–Kier alpha value is -1.67. The van der Waals surface area contributed by atoms with Gasteiger partial charge in [-0.15, -0.1) is 11.3 Å². The number of piperazine rings is 1. The molecule has 6 nitrogen and oxygen atoms in total. The number of rotatable bonds is 6. The maximum Gasteiger partial charge on any atom is 0.264 e. The van der Waals surface area contributed by atoms with E-state index in [0.717, 1.165) is 43.3 Å². The fourth-order valence-electron chi connectivity index (χ4n) is 4.06. The van der Waals surface area contributed by atoms with Crippen LogP contribution in [-0.4, -0.2) is 54.1 Å². The van der Waals surface area contributed by atoms with Crippen molar-refractivity contribution in [2.75, 3.05) is 39.3 Å². The predicted octanol–water partition coefficient (Wildman–Crippen LogP) is -1.19. The number of pyridine rings is 1. The molecule has 0 spiro atoms. The van der Waals surface area contributed by atoms with Crippen LogP contribution < -0.4 is 15.4 Å². The van der Waals surface area contributed by atoms with Gasteiger partial charge in [0.1, 0.15) is 44.0 Å². The summed E-state index contributed by atoms with van der Waals surface area (Å²) < 4.78 is 1.74. The monoisotopic (exact) mass is 379 g/mol. The van der Waals surface area contributed by atoms with Crippen molar-refractivity contribution < 1.29 is 20.0 Å². The highest BCUT2D eigenvalue weighted by Gasteiger charge is 2.36. The highest BCUT2D eigenvalue weighted by atomic mass is 32.1. The van der Waals surface area contributed by atoms with Gasteiger partial charge in [-0.2, -0.15) is 0 Å². The number of quaternary nitrogens is 2. The molecule has 4 N–H and O–H groups in total. The molecule has 142 valence electrons. The molecule has 0 aromatic carbocycles. The summed E-state index contributed by atoms with van der Waals surface area (Å²) in [7, 11) is 0. The molecule has 0 unspecified atom stereocenters. The standard InChI is InChI=1S/C19H27N3O3S/c1-3-22-14(2)13-15(24)17(19(22)25)18(16-5-4-12-26-16)21-8-6-20(7-9-21)10-11-23/h4-5,12-13,18,23-24H,3,6-11H2,1-2H3/p+2/t18-/m0/s1. The van der Waals surface area contributed by atoms with Crippen LogP contribution in [0, 0.1) is 6.92 Å². The topological polar surface area (TPSA) is 71.3 Å². The lowest BCUT2D eigenvalue weighted by atomic mass is 10.0. The molecule has 0 amide bonds. The Morgan fingerprint density at radius 3 is 2.62 bits per heavy atom. The summed E-state index contributed by atoms with van der Waals surface area (Å²) in [6.45, 7) is 9.15. The fourth-order valence-corrected chi connectivity index (χ4v) is 4.95. The SMILES string of the molecule is CCn1c(C)cc(O)c([C@H](c2cccs2)[NH+]2CC[NH+](CCO)CC2)c1=O. The first kappa shape index (κ1) is 19.1. The highest BCUT2D eigenvalue weighted by Crippen LogP contribution is 2.28. The molecule has 1 atom stereocenters. The third-order valence-corrected chi connectivity index (χ3v) is 6.37. The van der Waals surface area contributed by atoms with Gasteiger partial charge in [-0.1, -0.05) is 6.07 Å². The lowest BCUT2D eigenvalue weighted by molar-refractivity contribution is -1.02. The predicted molar refractivity (Wildman–Crippen MR) is 102 cm³/mol. The first-order valence-electron chi connectivity index (χ1n) is 9.32. The molecule has 3 heterocycles. The normalized spacial score (nSPS) is 21.7. The second kappa shape index (κ2) is 8.35. The van der Waals surface area contributed by atoms with Gasteiger partial charge in [0.2, 0.25) is 0 Å². The lowest BCUT2D eigenvalue weighted by Crippen LogP contribution is -3.28. The van der Waals surface area contributed by atoms with E-state index in [2.05, 4.69) is 6.07 Å². The molecule has 0 saturated carbocycles. The van der Waals surface area contributed by atoms with E-state index in [-0.39, 0.29) is 24.0 Å². The van der Waals surface area contributed by atoms with E-state index in [1.165, 1.54) is 9.80 Å². The third kappa shape index (κ3) is 3.71. The van der Waals surface area contributed by atoms with Crippen LogP contribution in [0.25, 0.3) is 0 Å². The van der Waals surface area contributed by atoms with Crippen LogP contribution in [0.2, 0.25) is 0 Å².